The summed E-state index contributed by atoms with van der Waals surface area (Å²) >= 11 is -2.16. The van der Waals surface area contributed by atoms with E-state index in [9.17, 15) is 8.76 Å². The van der Waals surface area contributed by atoms with Gasteiger partial charge in [-0.15, -0.1) is 0 Å². The van der Waals surface area contributed by atoms with Gasteiger partial charge in [-0.3, -0.25) is 4.21 Å². The summed E-state index contributed by atoms with van der Waals surface area (Å²) in [7, 11) is 0. The molecule has 2 atom stereocenters. The molecular formula is C12H18NO2S-. The van der Waals surface area contributed by atoms with Gasteiger partial charge in [-0.05, 0) is 23.8 Å². The molecule has 1 rings (SSSR count). The topological polar surface area (TPSA) is 52.2 Å². The van der Waals surface area contributed by atoms with Crippen LogP contribution in [0.3, 0.4) is 0 Å². The predicted octanol–water partition coefficient (Wildman–Crippen LogP) is 1.88. The number of benzene rings is 1. The van der Waals surface area contributed by atoms with E-state index in [0.717, 1.165) is 6.42 Å². The lowest BCUT2D eigenvalue weighted by Crippen LogP contribution is -2.29. The van der Waals surface area contributed by atoms with Gasteiger partial charge < -0.3 is 4.55 Å². The molecule has 4 heteroatoms. The molecule has 0 heterocycles. The molecule has 0 aromatic heterocycles. The van der Waals surface area contributed by atoms with E-state index in [1.807, 2.05) is 18.2 Å². The van der Waals surface area contributed by atoms with E-state index in [4.69, 9.17) is 0 Å². The van der Waals surface area contributed by atoms with Crippen molar-refractivity contribution in [2.75, 3.05) is 6.54 Å². The molecule has 0 spiro atoms. The first-order valence-electron chi connectivity index (χ1n) is 5.46. The molecule has 0 aliphatic rings. The summed E-state index contributed by atoms with van der Waals surface area (Å²) in [5.41, 5.74) is 1.25. The molecule has 0 aliphatic carbocycles. The van der Waals surface area contributed by atoms with Crippen LogP contribution in [0.25, 0.3) is 0 Å². The molecule has 90 valence electrons. The molecule has 0 aliphatic heterocycles. The Labute approximate surface area is 99.7 Å². The number of hydrogen-bond donors (Lipinski definition) is 1. The lowest BCUT2D eigenvalue weighted by Gasteiger charge is -2.22. The van der Waals surface area contributed by atoms with Gasteiger partial charge in [-0.25, -0.2) is 4.72 Å². The maximum absolute atomic E-state index is 10.5. The molecule has 3 nitrogen and oxygen atoms in total. The first kappa shape index (κ1) is 13.4. The Hall–Kier alpha value is -0.710. The summed E-state index contributed by atoms with van der Waals surface area (Å²) in [5, 5.41) is 0. The van der Waals surface area contributed by atoms with Gasteiger partial charge in [0.2, 0.25) is 0 Å². The zero-order valence-electron chi connectivity index (χ0n) is 9.68. The molecule has 0 radical (unpaired) electrons. The van der Waals surface area contributed by atoms with Gasteiger partial charge >= 0.3 is 0 Å². The highest BCUT2D eigenvalue weighted by molar-refractivity contribution is 7.77. The first-order chi connectivity index (χ1) is 7.59. The van der Waals surface area contributed by atoms with Gasteiger partial charge in [0.25, 0.3) is 0 Å². The molecule has 0 saturated heterocycles. The van der Waals surface area contributed by atoms with Gasteiger partial charge in [0.1, 0.15) is 0 Å². The zero-order valence-corrected chi connectivity index (χ0v) is 10.5. The summed E-state index contributed by atoms with van der Waals surface area (Å²) in [6, 6.07) is 10.1. The molecule has 1 aromatic rings. The Morgan fingerprint density at radius 2 is 1.94 bits per heavy atom. The van der Waals surface area contributed by atoms with E-state index < -0.39 is 11.3 Å². The van der Waals surface area contributed by atoms with Crippen LogP contribution in [-0.4, -0.2) is 15.3 Å². The van der Waals surface area contributed by atoms with Crippen LogP contribution in [-0.2, 0) is 17.7 Å². The van der Waals surface area contributed by atoms with Crippen LogP contribution >= 0.6 is 0 Å². The fraction of sp³-hybridized carbons (Fsp3) is 0.500. The van der Waals surface area contributed by atoms with Crippen molar-refractivity contribution in [1.82, 2.24) is 4.72 Å². The van der Waals surface area contributed by atoms with Gasteiger partial charge in [0.05, 0.1) is 0 Å². The third-order valence-corrected chi connectivity index (χ3v) is 3.15. The molecule has 16 heavy (non-hydrogen) atoms. The molecule has 0 amide bonds. The highest BCUT2D eigenvalue weighted by Gasteiger charge is 2.13. The minimum Gasteiger partial charge on any atom is -0.760 e. The Morgan fingerprint density at radius 1 is 1.31 bits per heavy atom. The fourth-order valence-electron chi connectivity index (χ4n) is 1.64. The van der Waals surface area contributed by atoms with E-state index in [1.54, 1.807) is 0 Å². The maximum Gasteiger partial charge on any atom is 0.0181 e. The average molecular weight is 240 g/mol. The van der Waals surface area contributed by atoms with E-state index in [0.29, 0.717) is 18.4 Å². The third-order valence-electron chi connectivity index (χ3n) is 2.75. The van der Waals surface area contributed by atoms with Crippen LogP contribution in [0.1, 0.15) is 19.4 Å². The van der Waals surface area contributed by atoms with Crippen molar-refractivity contribution in [1.29, 1.82) is 0 Å². The van der Waals surface area contributed by atoms with Gasteiger partial charge in [-0.2, -0.15) is 0 Å². The second kappa shape index (κ2) is 6.78. The molecule has 2 unspecified atom stereocenters. The summed E-state index contributed by atoms with van der Waals surface area (Å²) < 4.78 is 23.4. The van der Waals surface area contributed by atoms with Crippen molar-refractivity contribution in [3.63, 3.8) is 0 Å². The summed E-state index contributed by atoms with van der Waals surface area (Å²) in [5.74, 6) is 0.788. The minimum absolute atomic E-state index is 0.334. The van der Waals surface area contributed by atoms with Crippen molar-refractivity contribution in [3.8, 4) is 0 Å². The van der Waals surface area contributed by atoms with Crippen molar-refractivity contribution < 1.29 is 8.76 Å². The second-order valence-electron chi connectivity index (χ2n) is 4.28. The maximum atomic E-state index is 10.5. The molecule has 1 N–H and O–H groups in total. The third kappa shape index (κ3) is 4.88. The van der Waals surface area contributed by atoms with E-state index in [2.05, 4.69) is 30.7 Å². The first-order valence-corrected chi connectivity index (χ1v) is 6.53. The lowest BCUT2D eigenvalue weighted by atomic mass is 9.89. The summed E-state index contributed by atoms with van der Waals surface area (Å²) in [6.45, 7) is 4.73. The van der Waals surface area contributed by atoms with E-state index >= 15 is 0 Å². The SMILES string of the molecule is CC(C)C(CNS(=O)[O-])Cc1ccccc1. The zero-order chi connectivity index (χ0) is 12.0. The van der Waals surface area contributed by atoms with E-state index in [-0.39, 0.29) is 0 Å². The molecule has 1 aromatic carbocycles. The standard InChI is InChI=1S/C12H19NO2S/c1-10(2)12(9-13-16(14)15)8-11-6-4-3-5-7-11/h3-7,10,12-13H,8-9H2,1-2H3,(H,14,15)/p-1. The van der Waals surface area contributed by atoms with Crippen LogP contribution in [0.5, 0.6) is 0 Å². The average Bonchev–Trinajstić information content (AvgIpc) is 2.25. The summed E-state index contributed by atoms with van der Waals surface area (Å²) in [4.78, 5) is 0. The number of nitrogens with one attached hydrogen (secondary N) is 1. The highest BCUT2D eigenvalue weighted by atomic mass is 32.2. The Balaban J connectivity index is 2.54. The molecular weight excluding hydrogens is 222 g/mol. The lowest BCUT2D eigenvalue weighted by molar-refractivity contribution is 0.377. The Bertz CT molecular complexity index is 327. The fourth-order valence-corrected chi connectivity index (χ4v) is 1.99. The van der Waals surface area contributed by atoms with Crippen molar-refractivity contribution in [2.45, 2.75) is 20.3 Å². The van der Waals surface area contributed by atoms with Crippen molar-refractivity contribution >= 4 is 11.3 Å². The van der Waals surface area contributed by atoms with Crippen LogP contribution < -0.4 is 4.72 Å². The van der Waals surface area contributed by atoms with Crippen LogP contribution in [0.15, 0.2) is 30.3 Å². The van der Waals surface area contributed by atoms with Gasteiger partial charge in [0, 0.05) is 17.8 Å². The molecule has 0 fully saturated rings. The van der Waals surface area contributed by atoms with Gasteiger partial charge in [-0.1, -0.05) is 44.2 Å². The van der Waals surface area contributed by atoms with Crippen molar-refractivity contribution in [3.05, 3.63) is 35.9 Å². The Morgan fingerprint density at radius 3 is 2.44 bits per heavy atom. The molecule has 0 saturated carbocycles. The molecule has 0 bridgehead atoms. The monoisotopic (exact) mass is 240 g/mol. The van der Waals surface area contributed by atoms with E-state index in [1.165, 1.54) is 5.56 Å². The van der Waals surface area contributed by atoms with Crippen molar-refractivity contribution in [2.24, 2.45) is 11.8 Å². The second-order valence-corrected chi connectivity index (χ2v) is 5.04. The number of rotatable bonds is 6. The van der Waals surface area contributed by atoms with Gasteiger partial charge in [0.15, 0.2) is 0 Å². The highest BCUT2D eigenvalue weighted by Crippen LogP contribution is 2.16. The smallest absolute Gasteiger partial charge is 0.0181 e. The van der Waals surface area contributed by atoms with Crippen LogP contribution in [0.4, 0.5) is 0 Å². The predicted molar refractivity (Wildman–Crippen MR) is 65.4 cm³/mol. The quantitative estimate of drug-likeness (QED) is 0.772. The Kier molecular flexibility index (Phi) is 5.66. The normalized spacial score (nSPS) is 15.0. The van der Waals surface area contributed by atoms with Crippen LogP contribution in [0.2, 0.25) is 0 Å². The number of hydrogen-bond acceptors (Lipinski definition) is 2. The summed E-state index contributed by atoms with van der Waals surface area (Å²) in [6.07, 6.45) is 0.905. The minimum atomic E-state index is -2.16. The largest absolute Gasteiger partial charge is 0.760 e. The van der Waals surface area contributed by atoms with Crippen LogP contribution in [0, 0.1) is 11.8 Å².